The minimum Gasteiger partial charge on any atom is -0.352 e. The number of rotatable bonds is 8. The van der Waals surface area contributed by atoms with E-state index in [0.29, 0.717) is 12.4 Å². The zero-order chi connectivity index (χ0) is 21.5. The van der Waals surface area contributed by atoms with Crippen molar-refractivity contribution in [3.05, 3.63) is 12.3 Å². The molecule has 0 saturated carbocycles. The second-order valence-electron chi connectivity index (χ2n) is 7.81. The smallest absolute Gasteiger partial charge is 0.253 e. The van der Waals surface area contributed by atoms with Crippen LogP contribution < -0.4 is 10.6 Å². The fourth-order valence-corrected chi connectivity index (χ4v) is 3.09. The Bertz CT molecular complexity index is 644. The Morgan fingerprint density at radius 3 is 2.46 bits per heavy atom. The maximum absolute atomic E-state index is 12.4. The van der Waals surface area contributed by atoms with Gasteiger partial charge in [0, 0.05) is 30.0 Å². The van der Waals surface area contributed by atoms with Gasteiger partial charge < -0.3 is 20.1 Å². The van der Waals surface area contributed by atoms with Crippen molar-refractivity contribution in [2.45, 2.75) is 53.4 Å². The molecule has 1 saturated heterocycles. The highest BCUT2D eigenvalue weighted by atomic mass is 32.2. The highest BCUT2D eigenvalue weighted by Gasteiger charge is 2.45. The summed E-state index contributed by atoms with van der Waals surface area (Å²) >= 11 is 1.01. The Balaban J connectivity index is 2.37. The molecule has 0 aromatic heterocycles. The molecule has 1 fully saturated rings. The molecule has 0 radical (unpaired) electrons. The van der Waals surface area contributed by atoms with Crippen LogP contribution in [0, 0.1) is 11.3 Å². The second-order valence-corrected chi connectivity index (χ2v) is 8.91. The average molecular weight is 415 g/mol. The molecule has 0 aromatic carbocycles. The van der Waals surface area contributed by atoms with Crippen LogP contribution in [0.3, 0.4) is 0 Å². The largest absolute Gasteiger partial charge is 0.352 e. The summed E-state index contributed by atoms with van der Waals surface area (Å²) in [5, 5.41) is 4.94. The molecule has 8 nitrogen and oxygen atoms in total. The van der Waals surface area contributed by atoms with Gasteiger partial charge in [-0.3, -0.25) is 19.2 Å². The number of carbonyl (C=O) groups is 4. The number of Topliss-reactive ketones (excluding diaryl/α,β-unsaturated/α-hetero) is 1. The molecular weight excluding hydrogens is 384 g/mol. The van der Waals surface area contributed by atoms with Crippen LogP contribution in [-0.4, -0.2) is 53.5 Å². The summed E-state index contributed by atoms with van der Waals surface area (Å²) in [6.07, 6.45) is 1.74. The SMILES string of the molecule is CC(=O)C(C)C(=O)SCCNC(=O)C=CNC(=O)[C@@H]1OC(C)(C)OCC1(C)C. The third-order valence-electron chi connectivity index (χ3n) is 4.21. The van der Waals surface area contributed by atoms with Crippen molar-refractivity contribution in [2.75, 3.05) is 18.9 Å². The predicted molar refractivity (Wildman–Crippen MR) is 106 cm³/mol. The van der Waals surface area contributed by atoms with Gasteiger partial charge in [-0.05, 0) is 27.7 Å². The molecule has 0 aromatic rings. The van der Waals surface area contributed by atoms with E-state index in [-0.39, 0.29) is 23.4 Å². The Labute approximate surface area is 170 Å². The summed E-state index contributed by atoms with van der Waals surface area (Å²) in [4.78, 5) is 47.0. The van der Waals surface area contributed by atoms with Crippen LogP contribution in [0.4, 0.5) is 0 Å². The summed E-state index contributed by atoms with van der Waals surface area (Å²) in [5.41, 5.74) is -0.504. The fourth-order valence-electron chi connectivity index (χ4n) is 2.27. The fraction of sp³-hybridized carbons (Fsp3) is 0.684. The van der Waals surface area contributed by atoms with E-state index in [1.807, 2.05) is 13.8 Å². The summed E-state index contributed by atoms with van der Waals surface area (Å²) in [7, 11) is 0. The summed E-state index contributed by atoms with van der Waals surface area (Å²) in [5.74, 6) is -2.07. The van der Waals surface area contributed by atoms with Crippen LogP contribution >= 0.6 is 11.8 Å². The van der Waals surface area contributed by atoms with E-state index in [0.717, 1.165) is 11.8 Å². The molecule has 2 atom stereocenters. The first-order valence-electron chi connectivity index (χ1n) is 9.09. The van der Waals surface area contributed by atoms with Crippen LogP contribution in [0.5, 0.6) is 0 Å². The molecule has 1 unspecified atom stereocenters. The number of amides is 2. The van der Waals surface area contributed by atoms with E-state index in [9.17, 15) is 19.2 Å². The van der Waals surface area contributed by atoms with Crippen LogP contribution in [0.15, 0.2) is 12.3 Å². The number of nitrogens with one attached hydrogen (secondary N) is 2. The molecule has 28 heavy (non-hydrogen) atoms. The minimum atomic E-state index is -0.854. The van der Waals surface area contributed by atoms with E-state index in [1.54, 1.807) is 20.8 Å². The van der Waals surface area contributed by atoms with Crippen LogP contribution in [0.2, 0.25) is 0 Å². The Hall–Kier alpha value is -1.71. The highest BCUT2D eigenvalue weighted by Crippen LogP contribution is 2.34. The summed E-state index contributed by atoms with van der Waals surface area (Å²) < 4.78 is 11.3. The number of ether oxygens (including phenoxy) is 2. The van der Waals surface area contributed by atoms with Crippen molar-refractivity contribution in [2.24, 2.45) is 11.3 Å². The molecule has 2 N–H and O–H groups in total. The zero-order valence-corrected chi connectivity index (χ0v) is 18.1. The zero-order valence-electron chi connectivity index (χ0n) is 17.3. The quantitative estimate of drug-likeness (QED) is 0.351. The van der Waals surface area contributed by atoms with Crippen LogP contribution in [0.1, 0.15) is 41.5 Å². The Morgan fingerprint density at radius 2 is 1.86 bits per heavy atom. The van der Waals surface area contributed by atoms with Crippen molar-refractivity contribution in [3.8, 4) is 0 Å². The third-order valence-corrected chi connectivity index (χ3v) is 5.26. The number of thioether (sulfide) groups is 1. The molecule has 9 heteroatoms. The van der Waals surface area contributed by atoms with Gasteiger partial charge in [0.05, 0.1) is 12.5 Å². The average Bonchev–Trinajstić information content (AvgIpc) is 2.60. The lowest BCUT2D eigenvalue weighted by Gasteiger charge is -2.44. The summed E-state index contributed by atoms with van der Waals surface area (Å²) in [6.45, 7) is 10.8. The lowest BCUT2D eigenvalue weighted by molar-refractivity contribution is -0.303. The Kier molecular flexibility index (Phi) is 8.84. The van der Waals surface area contributed by atoms with Gasteiger partial charge in [0.25, 0.3) is 5.91 Å². The van der Waals surface area contributed by atoms with Gasteiger partial charge in [-0.1, -0.05) is 25.6 Å². The van der Waals surface area contributed by atoms with Crippen LogP contribution in [0.25, 0.3) is 0 Å². The predicted octanol–water partition coefficient (Wildman–Crippen LogP) is 1.40. The van der Waals surface area contributed by atoms with Gasteiger partial charge >= 0.3 is 0 Å². The molecule has 1 heterocycles. The van der Waals surface area contributed by atoms with Gasteiger partial charge in [-0.15, -0.1) is 0 Å². The number of hydrogen-bond donors (Lipinski definition) is 2. The van der Waals surface area contributed by atoms with Gasteiger partial charge in [0.2, 0.25) is 5.91 Å². The number of hydrogen-bond acceptors (Lipinski definition) is 7. The molecule has 0 spiro atoms. The first-order chi connectivity index (χ1) is 12.9. The van der Waals surface area contributed by atoms with Crippen molar-refractivity contribution in [3.63, 3.8) is 0 Å². The van der Waals surface area contributed by atoms with Crippen molar-refractivity contribution < 1.29 is 28.7 Å². The van der Waals surface area contributed by atoms with E-state index in [2.05, 4.69) is 10.6 Å². The molecule has 2 amide bonds. The Morgan fingerprint density at radius 1 is 1.21 bits per heavy atom. The minimum absolute atomic E-state index is 0.180. The van der Waals surface area contributed by atoms with E-state index in [1.165, 1.54) is 19.2 Å². The lowest BCUT2D eigenvalue weighted by atomic mass is 9.85. The molecule has 1 rings (SSSR count). The van der Waals surface area contributed by atoms with Gasteiger partial charge in [-0.2, -0.15) is 0 Å². The maximum atomic E-state index is 12.4. The molecule has 1 aliphatic heterocycles. The van der Waals surface area contributed by atoms with Crippen molar-refractivity contribution in [1.29, 1.82) is 0 Å². The van der Waals surface area contributed by atoms with Crippen molar-refractivity contribution >= 4 is 34.5 Å². The number of ketones is 1. The normalized spacial score (nSPS) is 21.7. The van der Waals surface area contributed by atoms with Gasteiger partial charge in [0.15, 0.2) is 10.9 Å². The van der Waals surface area contributed by atoms with E-state index in [4.69, 9.17) is 9.47 Å². The molecule has 1 aliphatic rings. The lowest BCUT2D eigenvalue weighted by Crippen LogP contribution is -2.55. The van der Waals surface area contributed by atoms with Gasteiger partial charge in [-0.25, -0.2) is 0 Å². The van der Waals surface area contributed by atoms with Crippen molar-refractivity contribution in [1.82, 2.24) is 10.6 Å². The standard InChI is InChI=1S/C19H30N2O6S/c1-12(13(2)22)17(25)28-10-9-20-14(23)7-8-21-16(24)15-18(3,4)11-26-19(5,6)27-15/h7-8,12,15H,9-11H2,1-6H3,(H,20,23)(H,21,24)/t12?,15-/m0/s1. The van der Waals surface area contributed by atoms with Crippen LogP contribution in [-0.2, 0) is 28.7 Å². The summed E-state index contributed by atoms with van der Waals surface area (Å²) in [6, 6.07) is 0. The maximum Gasteiger partial charge on any atom is 0.253 e. The monoisotopic (exact) mass is 414 g/mol. The molecule has 0 aliphatic carbocycles. The van der Waals surface area contributed by atoms with Gasteiger partial charge in [0.1, 0.15) is 11.9 Å². The topological polar surface area (TPSA) is 111 Å². The second kappa shape index (κ2) is 10.2. The first kappa shape index (κ1) is 24.3. The molecular formula is C19H30N2O6S. The first-order valence-corrected chi connectivity index (χ1v) is 10.1. The number of carbonyl (C=O) groups excluding carboxylic acids is 4. The van der Waals surface area contributed by atoms with E-state index < -0.39 is 29.1 Å². The van der Waals surface area contributed by atoms with E-state index >= 15 is 0 Å². The third kappa shape index (κ3) is 7.73. The molecule has 158 valence electrons. The highest BCUT2D eigenvalue weighted by molar-refractivity contribution is 8.13. The molecule has 0 bridgehead atoms.